The number of allylic oxidation sites excluding steroid dienone is 1. The van der Waals surface area contributed by atoms with Gasteiger partial charge < -0.3 is 19.3 Å². The molecule has 2 aromatic carbocycles. The van der Waals surface area contributed by atoms with E-state index in [0.29, 0.717) is 46.0 Å². The van der Waals surface area contributed by atoms with E-state index in [9.17, 15) is 9.90 Å². The summed E-state index contributed by atoms with van der Waals surface area (Å²) in [4.78, 5) is 20.1. The largest absolute Gasteiger partial charge is 0.507 e. The molecule has 1 fully saturated rings. The highest BCUT2D eigenvalue weighted by molar-refractivity contribution is 6.16. The van der Waals surface area contributed by atoms with Gasteiger partial charge in [0.15, 0.2) is 5.76 Å². The van der Waals surface area contributed by atoms with E-state index in [-0.39, 0.29) is 23.3 Å². The molecule has 0 unspecified atom stereocenters. The fourth-order valence-electron chi connectivity index (χ4n) is 5.15. The van der Waals surface area contributed by atoms with E-state index in [1.165, 1.54) is 0 Å². The molecule has 36 heavy (non-hydrogen) atoms. The number of aromatic nitrogens is 1. The SMILES string of the molecule is COc1ccc(/C=C2\Oc3c(CN4CCCC[C@H]4c4cccnc4)c(O)cc(C)c3C2=O)c(OC)c1. The number of carbonyl (C=O) groups excluding carboxylic acids is 1. The highest BCUT2D eigenvalue weighted by Gasteiger charge is 2.35. The molecular formula is C29H30N2O5. The summed E-state index contributed by atoms with van der Waals surface area (Å²) in [6, 6.07) is 11.3. The van der Waals surface area contributed by atoms with E-state index < -0.39 is 0 Å². The summed E-state index contributed by atoms with van der Waals surface area (Å²) < 4.78 is 16.9. The first-order valence-corrected chi connectivity index (χ1v) is 12.2. The lowest BCUT2D eigenvalue weighted by Gasteiger charge is -2.36. The molecule has 0 bridgehead atoms. The standard InChI is InChI=1S/C29H30N2O5/c1-18-13-24(32)22(17-31-12-5-4-8-23(31)20-7-6-11-30-16-20)29-27(18)28(33)26(36-29)14-19-9-10-21(34-2)15-25(19)35-3/h6-7,9-11,13-16,23,32H,4-5,8,12,17H2,1-3H3/b26-14-/t23-/m0/s1. The van der Waals surface area contributed by atoms with Gasteiger partial charge in [-0.2, -0.15) is 0 Å². The van der Waals surface area contributed by atoms with Crippen molar-refractivity contribution in [2.45, 2.75) is 38.8 Å². The van der Waals surface area contributed by atoms with Crippen LogP contribution >= 0.6 is 0 Å². The van der Waals surface area contributed by atoms with Crippen molar-refractivity contribution < 1.29 is 24.1 Å². The Morgan fingerprint density at radius 1 is 1.19 bits per heavy atom. The molecule has 5 rings (SSSR count). The predicted molar refractivity (Wildman–Crippen MR) is 137 cm³/mol. The van der Waals surface area contributed by atoms with Crippen LogP contribution in [0.5, 0.6) is 23.0 Å². The van der Waals surface area contributed by atoms with Crippen molar-refractivity contribution in [3.05, 3.63) is 82.4 Å². The minimum Gasteiger partial charge on any atom is -0.507 e. The quantitative estimate of drug-likeness (QED) is 0.464. The van der Waals surface area contributed by atoms with Crippen molar-refractivity contribution in [2.75, 3.05) is 20.8 Å². The zero-order valence-corrected chi connectivity index (χ0v) is 20.8. The summed E-state index contributed by atoms with van der Waals surface area (Å²) in [6.07, 6.45) is 8.60. The first-order valence-electron chi connectivity index (χ1n) is 12.2. The van der Waals surface area contributed by atoms with Gasteiger partial charge in [-0.1, -0.05) is 12.5 Å². The lowest BCUT2D eigenvalue weighted by atomic mass is 9.94. The Balaban J connectivity index is 1.50. The average molecular weight is 487 g/mol. The molecule has 1 atom stereocenters. The third-order valence-corrected chi connectivity index (χ3v) is 6.99. The van der Waals surface area contributed by atoms with E-state index in [2.05, 4.69) is 16.0 Å². The van der Waals surface area contributed by atoms with Gasteiger partial charge in [-0.3, -0.25) is 14.7 Å². The van der Waals surface area contributed by atoms with Crippen LogP contribution in [-0.4, -0.2) is 41.5 Å². The van der Waals surface area contributed by atoms with Gasteiger partial charge >= 0.3 is 0 Å². The fraction of sp³-hybridized carbons (Fsp3) is 0.310. The topological polar surface area (TPSA) is 81.1 Å². The molecule has 7 nitrogen and oxygen atoms in total. The smallest absolute Gasteiger partial charge is 0.232 e. The minimum absolute atomic E-state index is 0.137. The first-order chi connectivity index (χ1) is 17.5. The van der Waals surface area contributed by atoms with Gasteiger partial charge in [0.2, 0.25) is 5.78 Å². The summed E-state index contributed by atoms with van der Waals surface area (Å²) in [5, 5.41) is 11.0. The maximum atomic E-state index is 13.4. The van der Waals surface area contributed by atoms with Crippen LogP contribution in [0.4, 0.5) is 0 Å². The van der Waals surface area contributed by atoms with Gasteiger partial charge in [0.1, 0.15) is 23.0 Å². The molecule has 1 aromatic heterocycles. The maximum Gasteiger partial charge on any atom is 0.232 e. The number of aryl methyl sites for hydroxylation is 1. The molecule has 0 aliphatic carbocycles. The Morgan fingerprint density at radius 3 is 2.81 bits per heavy atom. The van der Waals surface area contributed by atoms with Crippen LogP contribution in [0, 0.1) is 6.92 Å². The predicted octanol–water partition coefficient (Wildman–Crippen LogP) is 5.46. The normalized spacial score (nSPS) is 18.7. The number of carbonyl (C=O) groups is 1. The number of phenols is 1. The number of fused-ring (bicyclic) bond motifs is 1. The molecular weight excluding hydrogens is 456 g/mol. The molecule has 7 heteroatoms. The number of phenolic OH excluding ortho intramolecular Hbond substituents is 1. The summed E-state index contributed by atoms with van der Waals surface area (Å²) in [5.41, 5.74) is 3.67. The van der Waals surface area contributed by atoms with Crippen LogP contribution in [0.1, 0.15) is 57.9 Å². The minimum atomic E-state index is -0.205. The number of Topliss-reactive ketones (excluding diaryl/α,β-unsaturated/α-hetero) is 1. The fourth-order valence-corrected chi connectivity index (χ4v) is 5.15. The van der Waals surface area contributed by atoms with Crippen molar-refractivity contribution >= 4 is 11.9 Å². The molecule has 0 saturated carbocycles. The van der Waals surface area contributed by atoms with E-state index in [1.54, 1.807) is 44.7 Å². The monoisotopic (exact) mass is 486 g/mol. The number of hydrogen-bond donors (Lipinski definition) is 1. The first kappa shape index (κ1) is 23.9. The molecule has 1 N–H and O–H groups in total. The van der Waals surface area contributed by atoms with Crippen LogP contribution in [-0.2, 0) is 6.54 Å². The Kier molecular flexibility index (Phi) is 6.65. The Morgan fingerprint density at radius 2 is 2.06 bits per heavy atom. The number of pyridine rings is 1. The summed E-state index contributed by atoms with van der Waals surface area (Å²) >= 11 is 0. The van der Waals surface area contributed by atoms with Gasteiger partial charge in [-0.25, -0.2) is 0 Å². The molecule has 3 aromatic rings. The van der Waals surface area contributed by atoms with Gasteiger partial charge in [0.25, 0.3) is 0 Å². The number of ketones is 1. The van der Waals surface area contributed by atoms with Gasteiger partial charge in [0, 0.05) is 36.6 Å². The van der Waals surface area contributed by atoms with E-state index in [1.807, 2.05) is 25.3 Å². The van der Waals surface area contributed by atoms with E-state index >= 15 is 0 Å². The van der Waals surface area contributed by atoms with Crippen molar-refractivity contribution in [3.8, 4) is 23.0 Å². The Bertz CT molecular complexity index is 1320. The van der Waals surface area contributed by atoms with Crippen molar-refractivity contribution in [3.63, 3.8) is 0 Å². The molecule has 3 heterocycles. The van der Waals surface area contributed by atoms with Crippen LogP contribution in [0.3, 0.4) is 0 Å². The highest BCUT2D eigenvalue weighted by Crippen LogP contribution is 2.44. The molecule has 186 valence electrons. The second kappa shape index (κ2) is 10.0. The average Bonchev–Trinajstić information content (AvgIpc) is 3.23. The number of hydrogen-bond acceptors (Lipinski definition) is 7. The Labute approximate surface area is 210 Å². The number of likely N-dealkylation sites (tertiary alicyclic amines) is 1. The maximum absolute atomic E-state index is 13.4. The number of ether oxygens (including phenoxy) is 3. The molecule has 0 spiro atoms. The summed E-state index contributed by atoms with van der Waals surface area (Å²) in [6.45, 7) is 3.18. The van der Waals surface area contributed by atoms with E-state index in [0.717, 1.165) is 31.4 Å². The van der Waals surface area contributed by atoms with Gasteiger partial charge in [-0.05, 0) is 67.8 Å². The highest BCUT2D eigenvalue weighted by atomic mass is 16.5. The molecule has 2 aliphatic heterocycles. The molecule has 0 radical (unpaired) electrons. The Hall–Kier alpha value is -3.84. The zero-order valence-electron chi connectivity index (χ0n) is 20.8. The van der Waals surface area contributed by atoms with Crippen LogP contribution in [0.2, 0.25) is 0 Å². The molecule has 1 saturated heterocycles. The van der Waals surface area contributed by atoms with Gasteiger partial charge in [0.05, 0.1) is 25.3 Å². The zero-order chi connectivity index (χ0) is 25.2. The third kappa shape index (κ3) is 4.42. The van der Waals surface area contributed by atoms with Crippen LogP contribution < -0.4 is 14.2 Å². The van der Waals surface area contributed by atoms with Crippen LogP contribution in [0.15, 0.2) is 54.6 Å². The molecule has 0 amide bonds. The van der Waals surface area contributed by atoms with Crippen molar-refractivity contribution in [2.24, 2.45) is 0 Å². The van der Waals surface area contributed by atoms with Crippen molar-refractivity contribution in [1.82, 2.24) is 9.88 Å². The van der Waals surface area contributed by atoms with Gasteiger partial charge in [-0.15, -0.1) is 0 Å². The lowest BCUT2D eigenvalue weighted by molar-refractivity contribution is 0.101. The number of rotatable bonds is 6. The number of methoxy groups -OCH3 is 2. The van der Waals surface area contributed by atoms with Crippen LogP contribution in [0.25, 0.3) is 6.08 Å². The number of piperidine rings is 1. The van der Waals surface area contributed by atoms with E-state index in [4.69, 9.17) is 14.2 Å². The summed E-state index contributed by atoms with van der Waals surface area (Å²) in [5.74, 6) is 1.80. The second-order valence-electron chi connectivity index (χ2n) is 9.21. The second-order valence-corrected chi connectivity index (χ2v) is 9.21. The van der Waals surface area contributed by atoms with Crippen molar-refractivity contribution in [1.29, 1.82) is 0 Å². The summed E-state index contributed by atoms with van der Waals surface area (Å²) in [7, 11) is 3.16. The molecule has 2 aliphatic rings. The third-order valence-electron chi connectivity index (χ3n) is 6.99. The number of aromatic hydroxyl groups is 1. The number of benzene rings is 2. The lowest BCUT2D eigenvalue weighted by Crippen LogP contribution is -2.33. The number of nitrogens with zero attached hydrogens (tertiary/aromatic N) is 2.